The van der Waals surface area contributed by atoms with Gasteiger partial charge in [0.05, 0.1) is 30.8 Å². The number of alkyl halides is 5. The Bertz CT molecular complexity index is 1310. The zero-order valence-electron chi connectivity index (χ0n) is 23.3. The van der Waals surface area contributed by atoms with Crippen LogP contribution in [-0.2, 0) is 26.4 Å². The van der Waals surface area contributed by atoms with Gasteiger partial charge in [-0.15, -0.1) is 0 Å². The molecule has 2 aliphatic heterocycles. The third-order valence-corrected chi connectivity index (χ3v) is 8.13. The van der Waals surface area contributed by atoms with Crippen LogP contribution in [0.5, 0.6) is 0 Å². The molecule has 41 heavy (non-hydrogen) atoms. The van der Waals surface area contributed by atoms with E-state index in [4.69, 9.17) is 4.74 Å². The van der Waals surface area contributed by atoms with Crippen LogP contribution in [0.15, 0.2) is 42.5 Å². The van der Waals surface area contributed by atoms with Gasteiger partial charge in [0.2, 0.25) is 5.91 Å². The van der Waals surface area contributed by atoms with E-state index < -0.39 is 59.3 Å². The number of hydrogen-bond donors (Lipinski definition) is 0. The lowest BCUT2D eigenvalue weighted by Gasteiger charge is -2.47. The van der Waals surface area contributed by atoms with E-state index in [0.717, 1.165) is 23.3 Å². The van der Waals surface area contributed by atoms with Gasteiger partial charge < -0.3 is 19.4 Å². The summed E-state index contributed by atoms with van der Waals surface area (Å²) in [5.41, 5.74) is -0.541. The Hall–Kier alpha value is -3.70. The van der Waals surface area contributed by atoms with Crippen molar-refractivity contribution in [3.63, 3.8) is 0 Å². The number of methoxy groups -OCH3 is 1. The number of piperazine rings is 1. The van der Waals surface area contributed by atoms with Crippen LogP contribution in [0.3, 0.4) is 0 Å². The van der Waals surface area contributed by atoms with Crippen LogP contribution in [0.25, 0.3) is 0 Å². The molecule has 7 nitrogen and oxygen atoms in total. The highest BCUT2D eigenvalue weighted by molar-refractivity contribution is 5.99. The third kappa shape index (κ3) is 5.73. The fourth-order valence-electron chi connectivity index (χ4n) is 5.72. The molecule has 4 rings (SSSR count). The maximum Gasteiger partial charge on any atom is 0.416 e. The van der Waals surface area contributed by atoms with E-state index in [1.54, 1.807) is 11.0 Å². The SMILES string of the molecule is COC(=O)C1CC2C(c3ccccc3C)N(C(=O)N(C)[C@H](C)c3cc(C(C)(F)F)cc(C(F)(F)F)c3)CCN2C1=O. The van der Waals surface area contributed by atoms with E-state index in [1.807, 2.05) is 25.1 Å². The first-order valence-electron chi connectivity index (χ1n) is 13.1. The monoisotopic (exact) mass is 581 g/mol. The first-order chi connectivity index (χ1) is 19.1. The number of amides is 3. The summed E-state index contributed by atoms with van der Waals surface area (Å²) >= 11 is 0. The molecule has 3 amide bonds. The molecule has 12 heteroatoms. The highest BCUT2D eigenvalue weighted by Crippen LogP contribution is 2.42. The minimum absolute atomic E-state index is 0.0892. The number of hydrogen-bond acceptors (Lipinski definition) is 4. The molecule has 4 atom stereocenters. The Balaban J connectivity index is 1.72. The van der Waals surface area contributed by atoms with Crippen LogP contribution in [0.4, 0.5) is 26.7 Å². The van der Waals surface area contributed by atoms with Gasteiger partial charge >= 0.3 is 18.2 Å². The molecular weight excluding hydrogens is 549 g/mol. The second-order valence-electron chi connectivity index (χ2n) is 10.7. The number of ether oxygens (including phenoxy) is 1. The Morgan fingerprint density at radius 3 is 2.27 bits per heavy atom. The van der Waals surface area contributed by atoms with Crippen LogP contribution < -0.4 is 0 Å². The lowest BCUT2D eigenvalue weighted by atomic mass is 9.89. The molecule has 222 valence electrons. The molecule has 2 aromatic carbocycles. The average molecular weight is 582 g/mol. The summed E-state index contributed by atoms with van der Waals surface area (Å²) in [6.45, 7) is 4.07. The van der Waals surface area contributed by atoms with Crippen LogP contribution in [0.1, 0.15) is 60.2 Å². The van der Waals surface area contributed by atoms with E-state index in [9.17, 15) is 36.3 Å². The molecule has 3 unspecified atom stereocenters. The quantitative estimate of drug-likeness (QED) is 0.259. The van der Waals surface area contributed by atoms with Gasteiger partial charge in [-0.1, -0.05) is 24.3 Å². The fraction of sp³-hybridized carbons (Fsp3) is 0.483. The molecule has 2 aromatic rings. The second kappa shape index (κ2) is 10.9. The molecule has 2 fully saturated rings. The number of fused-ring (bicyclic) bond motifs is 1. The van der Waals surface area contributed by atoms with Crippen LogP contribution in [0, 0.1) is 12.8 Å². The Morgan fingerprint density at radius 2 is 1.68 bits per heavy atom. The number of carbonyl (C=O) groups is 3. The first-order valence-corrected chi connectivity index (χ1v) is 13.1. The van der Waals surface area contributed by atoms with Gasteiger partial charge in [-0.3, -0.25) is 9.59 Å². The summed E-state index contributed by atoms with van der Waals surface area (Å²) in [5, 5.41) is 0. The van der Waals surface area contributed by atoms with Gasteiger partial charge in [0.15, 0.2) is 0 Å². The number of urea groups is 1. The predicted molar refractivity (Wildman–Crippen MR) is 139 cm³/mol. The summed E-state index contributed by atoms with van der Waals surface area (Å²) in [6.07, 6.45) is -4.74. The van der Waals surface area contributed by atoms with Crippen molar-refractivity contribution in [3.05, 3.63) is 70.3 Å². The van der Waals surface area contributed by atoms with Gasteiger partial charge in [0, 0.05) is 32.6 Å². The first kappa shape index (κ1) is 30.3. The number of nitrogens with zero attached hydrogens (tertiary/aromatic N) is 3. The zero-order chi connectivity index (χ0) is 30.4. The van der Waals surface area contributed by atoms with E-state index >= 15 is 0 Å². The minimum Gasteiger partial charge on any atom is -0.468 e. The maximum absolute atomic E-state index is 14.1. The van der Waals surface area contributed by atoms with Crippen molar-refractivity contribution in [1.29, 1.82) is 0 Å². The summed E-state index contributed by atoms with van der Waals surface area (Å²) in [5.74, 6) is -5.59. The van der Waals surface area contributed by atoms with Crippen LogP contribution in [-0.4, -0.2) is 65.9 Å². The molecule has 2 heterocycles. The molecule has 0 saturated carbocycles. The highest BCUT2D eigenvalue weighted by Gasteiger charge is 2.52. The molecule has 0 aliphatic carbocycles. The van der Waals surface area contributed by atoms with Crippen molar-refractivity contribution in [3.8, 4) is 0 Å². The fourth-order valence-corrected chi connectivity index (χ4v) is 5.72. The van der Waals surface area contributed by atoms with Crippen molar-refractivity contribution < 1.29 is 41.1 Å². The van der Waals surface area contributed by atoms with Gasteiger partial charge in [-0.2, -0.15) is 13.2 Å². The van der Waals surface area contributed by atoms with Crippen molar-refractivity contribution in [1.82, 2.24) is 14.7 Å². The maximum atomic E-state index is 14.1. The Morgan fingerprint density at radius 1 is 1.05 bits per heavy atom. The highest BCUT2D eigenvalue weighted by atomic mass is 19.4. The van der Waals surface area contributed by atoms with Crippen molar-refractivity contribution >= 4 is 17.9 Å². The molecular formula is C29H32F5N3O4. The number of esters is 1. The molecule has 0 N–H and O–H groups in total. The van der Waals surface area contributed by atoms with Crippen molar-refractivity contribution in [2.75, 3.05) is 27.2 Å². The Kier molecular flexibility index (Phi) is 8.08. The number of carbonyl (C=O) groups excluding carboxylic acids is 3. The van der Waals surface area contributed by atoms with Crippen LogP contribution in [0.2, 0.25) is 0 Å². The third-order valence-electron chi connectivity index (χ3n) is 8.13. The van der Waals surface area contributed by atoms with Crippen molar-refractivity contribution in [2.24, 2.45) is 5.92 Å². The van der Waals surface area contributed by atoms with Crippen LogP contribution >= 0.6 is 0 Å². The molecule has 0 aromatic heterocycles. The molecule has 0 radical (unpaired) electrons. The van der Waals surface area contributed by atoms with Gasteiger partial charge in [-0.25, -0.2) is 13.6 Å². The molecule has 2 saturated heterocycles. The predicted octanol–water partition coefficient (Wildman–Crippen LogP) is 5.69. The number of aryl methyl sites for hydroxylation is 1. The van der Waals surface area contributed by atoms with Gasteiger partial charge in [0.25, 0.3) is 5.92 Å². The number of rotatable bonds is 5. The topological polar surface area (TPSA) is 70.2 Å². The smallest absolute Gasteiger partial charge is 0.416 e. The standard InChI is InChI=1S/C29H32F5N3O4/c1-16-8-6-7-9-21(16)24-23-15-22(26(39)41-5)25(38)36(23)10-11-37(24)27(40)35(4)17(2)18-12-19(28(3,30)31)14-20(13-18)29(32,33)34/h6-9,12-14,17,22-24H,10-11,15H2,1-5H3/t17-,22?,23?,24?/m1/s1. The van der Waals surface area contributed by atoms with E-state index in [-0.39, 0.29) is 31.0 Å². The summed E-state index contributed by atoms with van der Waals surface area (Å²) < 4.78 is 73.9. The molecule has 0 spiro atoms. The lowest BCUT2D eigenvalue weighted by Crippen LogP contribution is -2.57. The molecule has 0 bridgehead atoms. The minimum atomic E-state index is -4.87. The Labute approximate surface area is 234 Å². The van der Waals surface area contributed by atoms with Crippen molar-refractivity contribution in [2.45, 2.75) is 57.4 Å². The van der Waals surface area contributed by atoms with Gasteiger partial charge in [-0.05, 0) is 55.2 Å². The second-order valence-corrected chi connectivity index (χ2v) is 10.7. The normalized spacial score (nSPS) is 21.9. The van der Waals surface area contributed by atoms with E-state index in [1.165, 1.54) is 30.9 Å². The summed E-state index contributed by atoms with van der Waals surface area (Å²) in [7, 11) is 2.60. The number of halogens is 5. The summed E-state index contributed by atoms with van der Waals surface area (Å²) in [4.78, 5) is 43.8. The van der Waals surface area contributed by atoms with E-state index in [2.05, 4.69) is 0 Å². The summed E-state index contributed by atoms with van der Waals surface area (Å²) in [6, 6.07) is 6.70. The lowest BCUT2D eigenvalue weighted by molar-refractivity contribution is -0.150. The zero-order valence-corrected chi connectivity index (χ0v) is 23.3. The largest absolute Gasteiger partial charge is 0.468 e. The van der Waals surface area contributed by atoms with Gasteiger partial charge in [0.1, 0.15) is 5.92 Å². The number of benzene rings is 2. The van der Waals surface area contributed by atoms with E-state index in [0.29, 0.717) is 13.0 Å². The molecule has 2 aliphatic rings. The average Bonchev–Trinajstić information content (AvgIpc) is 3.26.